The number of piperazine rings is 1. The minimum absolute atomic E-state index is 0.0647. The van der Waals surface area contributed by atoms with E-state index < -0.39 is 24.3 Å². The average Bonchev–Trinajstić information content (AvgIpc) is 3.50. The van der Waals surface area contributed by atoms with Crippen LogP contribution < -0.4 is 18.9 Å². The van der Waals surface area contributed by atoms with Crippen LogP contribution in [0.4, 0.5) is 4.79 Å². The van der Waals surface area contributed by atoms with Crippen LogP contribution in [0.15, 0.2) is 60.8 Å². The van der Waals surface area contributed by atoms with Crippen molar-refractivity contribution in [2.45, 2.75) is 58.8 Å². The summed E-state index contributed by atoms with van der Waals surface area (Å²) in [7, 11) is 1.49. The number of benzene rings is 3. The van der Waals surface area contributed by atoms with Crippen LogP contribution in [0.25, 0.3) is 6.08 Å². The highest BCUT2D eigenvalue weighted by Crippen LogP contribution is 2.52. The van der Waals surface area contributed by atoms with E-state index in [1.54, 1.807) is 30.9 Å². The van der Waals surface area contributed by atoms with Crippen molar-refractivity contribution in [3.63, 3.8) is 0 Å². The molecule has 0 aromatic heterocycles. The molecule has 1 N–H and O–H groups in total. The van der Waals surface area contributed by atoms with Gasteiger partial charge < -0.3 is 33.7 Å². The number of phenols is 1. The number of ether oxygens (including phenoxy) is 5. The van der Waals surface area contributed by atoms with Crippen LogP contribution in [0.1, 0.15) is 53.3 Å². The maximum absolute atomic E-state index is 14.6. The lowest BCUT2D eigenvalue weighted by Crippen LogP contribution is -2.61. The number of carbonyl (C=O) groups is 2. The van der Waals surface area contributed by atoms with Crippen molar-refractivity contribution in [1.29, 1.82) is 0 Å². The van der Waals surface area contributed by atoms with E-state index in [4.69, 9.17) is 23.7 Å². The molecule has 2 amide bonds. The highest BCUT2D eigenvalue weighted by atomic mass is 16.7. The molecule has 3 heterocycles. The van der Waals surface area contributed by atoms with E-state index in [0.29, 0.717) is 39.8 Å². The predicted octanol–water partition coefficient (Wildman–Crippen LogP) is 6.21. The molecule has 0 unspecified atom stereocenters. The minimum Gasteiger partial charge on any atom is -0.504 e. The van der Waals surface area contributed by atoms with Crippen LogP contribution >= 0.6 is 0 Å². The van der Waals surface area contributed by atoms with Crippen LogP contribution in [-0.2, 0) is 22.5 Å². The molecule has 3 aromatic carbocycles. The predicted molar refractivity (Wildman–Crippen MR) is 171 cm³/mol. The maximum Gasteiger partial charge on any atom is 0.411 e. The number of amides is 2. The third-order valence-electron chi connectivity index (χ3n) is 8.46. The minimum atomic E-state index is -0.908. The summed E-state index contributed by atoms with van der Waals surface area (Å²) in [6, 6.07) is 11.6. The Labute approximate surface area is 268 Å². The zero-order valence-electron chi connectivity index (χ0n) is 26.7. The Bertz CT molecular complexity index is 1730. The molecule has 2 bridgehead atoms. The van der Waals surface area contributed by atoms with Gasteiger partial charge in [0.15, 0.2) is 23.0 Å². The first-order chi connectivity index (χ1) is 22.1. The third-order valence-corrected chi connectivity index (χ3v) is 8.46. The van der Waals surface area contributed by atoms with Gasteiger partial charge in [0.2, 0.25) is 12.7 Å². The molecular weight excluding hydrogens is 588 g/mol. The number of carbonyl (C=O) groups excluding carboxylic acids is 2. The molecule has 46 heavy (non-hydrogen) atoms. The summed E-state index contributed by atoms with van der Waals surface area (Å²) in [6.45, 7) is 11.6. The summed E-state index contributed by atoms with van der Waals surface area (Å²) in [5.74, 6) is 1.57. The zero-order valence-corrected chi connectivity index (χ0v) is 26.7. The summed E-state index contributed by atoms with van der Waals surface area (Å²) in [5, 5.41) is 11.8. The average molecular weight is 627 g/mol. The van der Waals surface area contributed by atoms with Crippen LogP contribution in [0.5, 0.6) is 28.7 Å². The van der Waals surface area contributed by atoms with E-state index in [1.807, 2.05) is 56.3 Å². The molecule has 2 atom stereocenters. The van der Waals surface area contributed by atoms with Crippen molar-refractivity contribution < 1.29 is 38.4 Å². The molecule has 1 saturated heterocycles. The van der Waals surface area contributed by atoms with Crippen molar-refractivity contribution in [3.05, 3.63) is 94.2 Å². The van der Waals surface area contributed by atoms with Gasteiger partial charge in [-0.25, -0.2) is 4.79 Å². The van der Waals surface area contributed by atoms with Crippen LogP contribution in [-0.4, -0.2) is 59.6 Å². The molecule has 10 nitrogen and oxygen atoms in total. The van der Waals surface area contributed by atoms with Gasteiger partial charge in [-0.2, -0.15) is 0 Å². The topological polar surface area (TPSA) is 107 Å². The second-order valence-corrected chi connectivity index (χ2v) is 11.8. The van der Waals surface area contributed by atoms with E-state index in [-0.39, 0.29) is 38.0 Å². The maximum atomic E-state index is 14.6. The lowest BCUT2D eigenvalue weighted by Gasteiger charge is -2.50. The molecule has 240 valence electrons. The number of aryl methyl sites for hydroxylation is 1. The Morgan fingerprint density at radius 1 is 1.15 bits per heavy atom. The van der Waals surface area contributed by atoms with Crippen molar-refractivity contribution >= 4 is 18.1 Å². The van der Waals surface area contributed by atoms with E-state index in [0.717, 1.165) is 22.3 Å². The zero-order chi connectivity index (χ0) is 32.7. The van der Waals surface area contributed by atoms with Crippen LogP contribution in [0, 0.1) is 13.8 Å². The molecule has 0 spiro atoms. The highest BCUT2D eigenvalue weighted by molar-refractivity contribution is 5.93. The van der Waals surface area contributed by atoms with E-state index in [2.05, 4.69) is 6.58 Å². The fraction of sp³-hybridized carbons (Fsp3) is 0.333. The molecule has 1 fully saturated rings. The molecule has 3 aromatic rings. The Morgan fingerprint density at radius 3 is 2.61 bits per heavy atom. The molecular formula is C36H38N2O8. The third kappa shape index (κ3) is 5.27. The second kappa shape index (κ2) is 12.3. The number of nitrogens with zero attached hydrogens (tertiary/aromatic N) is 2. The Morgan fingerprint density at radius 2 is 1.91 bits per heavy atom. The highest BCUT2D eigenvalue weighted by Gasteiger charge is 2.52. The van der Waals surface area contributed by atoms with Gasteiger partial charge in [0.05, 0.1) is 19.8 Å². The summed E-state index contributed by atoms with van der Waals surface area (Å²) in [5.41, 5.74) is 4.62. The van der Waals surface area contributed by atoms with E-state index >= 15 is 0 Å². The lowest BCUT2D eigenvalue weighted by molar-refractivity contribution is -0.141. The number of fused-ring (bicyclic) bond motifs is 5. The fourth-order valence-electron chi connectivity index (χ4n) is 6.58. The SMILES string of the molecule is C=CCOc1c(/C=C2\[C@H]3c4c(cc(C)c(OC)c4O)C[C@@H](C(=O)N2Cc2ccccc2)N3C(=O)OC(C)C)cc2c(c1C)OCO2. The van der Waals surface area contributed by atoms with Gasteiger partial charge in [-0.05, 0) is 56.5 Å². The van der Waals surface area contributed by atoms with Gasteiger partial charge in [-0.15, -0.1) is 0 Å². The van der Waals surface area contributed by atoms with Gasteiger partial charge in [-0.1, -0.05) is 49.1 Å². The number of phenolic OH excluding ortho intramolecular Hbond substituents is 1. The van der Waals surface area contributed by atoms with Crippen LogP contribution in [0.2, 0.25) is 0 Å². The van der Waals surface area contributed by atoms with Crippen molar-refractivity contribution in [2.75, 3.05) is 20.5 Å². The fourth-order valence-corrected chi connectivity index (χ4v) is 6.58. The molecule has 3 aliphatic heterocycles. The normalized spacial score (nSPS) is 18.9. The number of hydrogen-bond acceptors (Lipinski definition) is 8. The molecule has 3 aliphatic rings. The van der Waals surface area contributed by atoms with Crippen molar-refractivity contribution in [2.24, 2.45) is 0 Å². The standard InChI is InChI=1S/C36H38N2O8/c1-7-13-43-33-22(5)34-28(44-19-45-34)17-25(33)16-26-30-29-24(14-21(4)32(42-6)31(29)39)15-27(38(30)36(41)46-20(2)3)35(40)37(26)18-23-11-9-8-10-12-23/h7-12,14,16-17,20,27,30,39H,1,13,15,18-19H2,2-6H3/b26-16+/t27-,30-/m0/s1. The molecule has 6 rings (SSSR count). The van der Waals surface area contributed by atoms with Gasteiger partial charge in [0.25, 0.3) is 0 Å². The van der Waals surface area contributed by atoms with Gasteiger partial charge in [-0.3, -0.25) is 9.69 Å². The van der Waals surface area contributed by atoms with E-state index in [1.165, 1.54) is 12.0 Å². The summed E-state index contributed by atoms with van der Waals surface area (Å²) >= 11 is 0. The Balaban J connectivity index is 1.65. The Kier molecular flexibility index (Phi) is 8.29. The second-order valence-electron chi connectivity index (χ2n) is 11.8. The summed E-state index contributed by atoms with van der Waals surface area (Å²) < 4.78 is 29.0. The number of hydrogen-bond donors (Lipinski definition) is 1. The number of rotatable bonds is 8. The van der Waals surface area contributed by atoms with Gasteiger partial charge in [0, 0.05) is 28.8 Å². The molecule has 0 aliphatic carbocycles. The van der Waals surface area contributed by atoms with Crippen LogP contribution in [0.3, 0.4) is 0 Å². The molecule has 0 radical (unpaired) electrons. The lowest BCUT2D eigenvalue weighted by atomic mass is 9.80. The smallest absolute Gasteiger partial charge is 0.411 e. The van der Waals surface area contributed by atoms with E-state index in [9.17, 15) is 14.7 Å². The largest absolute Gasteiger partial charge is 0.504 e. The molecule has 10 heteroatoms. The van der Waals surface area contributed by atoms with Gasteiger partial charge in [0.1, 0.15) is 24.4 Å². The molecule has 0 saturated carbocycles. The van der Waals surface area contributed by atoms with Crippen molar-refractivity contribution in [3.8, 4) is 28.7 Å². The summed E-state index contributed by atoms with van der Waals surface area (Å²) in [4.78, 5) is 31.7. The number of methoxy groups -OCH3 is 1. The first-order valence-corrected chi connectivity index (χ1v) is 15.3. The van der Waals surface area contributed by atoms with Gasteiger partial charge >= 0.3 is 6.09 Å². The monoisotopic (exact) mass is 626 g/mol. The van der Waals surface area contributed by atoms with Crippen molar-refractivity contribution in [1.82, 2.24) is 9.80 Å². The quantitative estimate of drug-likeness (QED) is 0.294. The Hall–Kier alpha value is -5.12. The first-order valence-electron chi connectivity index (χ1n) is 15.3. The first kappa shape index (κ1) is 30.9. The number of aromatic hydroxyl groups is 1. The summed E-state index contributed by atoms with van der Waals surface area (Å²) in [6.07, 6.45) is 2.58.